The summed E-state index contributed by atoms with van der Waals surface area (Å²) in [7, 11) is 0. The average Bonchev–Trinajstić information content (AvgIpc) is 2.60. The van der Waals surface area contributed by atoms with Gasteiger partial charge in [0.1, 0.15) is 6.04 Å². The number of amides is 2. The first-order valence-corrected chi connectivity index (χ1v) is 8.29. The maximum atomic E-state index is 13.0. The quantitative estimate of drug-likeness (QED) is 0.941. The number of rotatable bonds is 4. The van der Waals surface area contributed by atoms with Crippen LogP contribution in [-0.4, -0.2) is 28.8 Å². The van der Waals surface area contributed by atoms with Crippen LogP contribution in [0, 0.1) is 0 Å². The van der Waals surface area contributed by atoms with Gasteiger partial charge in [-0.1, -0.05) is 48.5 Å². The number of hydrogen-bond acceptors (Lipinski definition) is 2. The molecular weight excluding hydrogens is 300 g/mol. The molecule has 0 spiro atoms. The molecule has 1 atom stereocenters. The van der Waals surface area contributed by atoms with Crippen molar-refractivity contribution in [2.45, 2.75) is 38.9 Å². The van der Waals surface area contributed by atoms with E-state index in [2.05, 4.69) is 5.32 Å². The zero-order valence-corrected chi connectivity index (χ0v) is 14.0. The van der Waals surface area contributed by atoms with E-state index < -0.39 is 6.04 Å². The monoisotopic (exact) mass is 322 g/mol. The van der Waals surface area contributed by atoms with Gasteiger partial charge in [-0.3, -0.25) is 9.59 Å². The molecule has 1 aliphatic heterocycles. The Morgan fingerprint density at radius 2 is 1.79 bits per heavy atom. The van der Waals surface area contributed by atoms with Crippen LogP contribution in [0.1, 0.15) is 35.3 Å². The van der Waals surface area contributed by atoms with E-state index in [1.807, 2.05) is 67.3 Å². The molecule has 2 aromatic carbocycles. The van der Waals surface area contributed by atoms with Gasteiger partial charge < -0.3 is 10.2 Å². The predicted molar refractivity (Wildman–Crippen MR) is 93.5 cm³/mol. The Kier molecular flexibility index (Phi) is 4.65. The number of carbonyl (C=O) groups is 2. The molecule has 1 aliphatic rings. The predicted octanol–water partition coefficient (Wildman–Crippen LogP) is 2.78. The molecule has 0 aliphatic carbocycles. The fourth-order valence-electron chi connectivity index (χ4n) is 3.07. The second kappa shape index (κ2) is 6.87. The summed E-state index contributed by atoms with van der Waals surface area (Å²) >= 11 is 0. The van der Waals surface area contributed by atoms with Gasteiger partial charge in [-0.25, -0.2) is 0 Å². The molecule has 0 aromatic heterocycles. The van der Waals surface area contributed by atoms with E-state index in [1.54, 1.807) is 6.07 Å². The molecule has 0 bridgehead atoms. The third-order valence-corrected chi connectivity index (χ3v) is 4.39. The van der Waals surface area contributed by atoms with Gasteiger partial charge >= 0.3 is 0 Å². The van der Waals surface area contributed by atoms with Crippen molar-refractivity contribution in [1.82, 2.24) is 10.2 Å². The van der Waals surface area contributed by atoms with Crippen LogP contribution >= 0.6 is 0 Å². The molecule has 0 saturated heterocycles. The normalized spacial score (nSPS) is 16.5. The fraction of sp³-hybridized carbons (Fsp3) is 0.300. The maximum Gasteiger partial charge on any atom is 0.252 e. The van der Waals surface area contributed by atoms with Crippen molar-refractivity contribution >= 4 is 11.8 Å². The van der Waals surface area contributed by atoms with Gasteiger partial charge in [-0.15, -0.1) is 0 Å². The van der Waals surface area contributed by atoms with Crippen LogP contribution < -0.4 is 5.32 Å². The highest BCUT2D eigenvalue weighted by atomic mass is 16.2. The largest absolute Gasteiger partial charge is 0.340 e. The Morgan fingerprint density at radius 3 is 2.50 bits per heavy atom. The first kappa shape index (κ1) is 16.2. The molecule has 2 amide bonds. The van der Waals surface area contributed by atoms with Gasteiger partial charge in [-0.05, 0) is 31.0 Å². The molecule has 24 heavy (non-hydrogen) atoms. The van der Waals surface area contributed by atoms with E-state index in [4.69, 9.17) is 0 Å². The highest BCUT2D eigenvalue weighted by molar-refractivity contribution is 6.00. The number of carbonyl (C=O) groups excluding carboxylic acids is 2. The van der Waals surface area contributed by atoms with Crippen LogP contribution in [0.5, 0.6) is 0 Å². The third-order valence-electron chi connectivity index (χ3n) is 4.39. The summed E-state index contributed by atoms with van der Waals surface area (Å²) in [6.45, 7) is 4.55. The molecule has 0 saturated carbocycles. The van der Waals surface area contributed by atoms with Crippen molar-refractivity contribution < 1.29 is 9.59 Å². The van der Waals surface area contributed by atoms with E-state index in [0.717, 1.165) is 11.1 Å². The Morgan fingerprint density at radius 1 is 1.12 bits per heavy atom. The Labute approximate surface area is 142 Å². The molecule has 0 fully saturated rings. The molecule has 1 heterocycles. The maximum absolute atomic E-state index is 13.0. The second-order valence-corrected chi connectivity index (χ2v) is 6.43. The van der Waals surface area contributed by atoms with Crippen molar-refractivity contribution in [2.75, 3.05) is 0 Å². The lowest BCUT2D eigenvalue weighted by Gasteiger charge is -2.33. The number of benzene rings is 2. The molecule has 4 heteroatoms. The van der Waals surface area contributed by atoms with Gasteiger partial charge in [0.05, 0.1) is 0 Å². The van der Waals surface area contributed by atoms with Crippen LogP contribution in [0.2, 0.25) is 0 Å². The zero-order chi connectivity index (χ0) is 17.1. The molecule has 4 nitrogen and oxygen atoms in total. The van der Waals surface area contributed by atoms with Crippen LogP contribution in [0.4, 0.5) is 0 Å². The molecule has 124 valence electrons. The Balaban J connectivity index is 1.80. The smallest absolute Gasteiger partial charge is 0.252 e. The van der Waals surface area contributed by atoms with E-state index in [-0.39, 0.29) is 17.9 Å². The minimum absolute atomic E-state index is 0.0308. The highest BCUT2D eigenvalue weighted by Gasteiger charge is 2.32. The first-order valence-electron chi connectivity index (χ1n) is 8.29. The number of hydrogen-bond donors (Lipinski definition) is 1. The van der Waals surface area contributed by atoms with E-state index in [0.29, 0.717) is 18.5 Å². The molecule has 1 N–H and O–H groups in total. The summed E-state index contributed by atoms with van der Waals surface area (Å²) in [6, 6.07) is 17.0. The van der Waals surface area contributed by atoms with Crippen LogP contribution in [0.15, 0.2) is 54.6 Å². The molecule has 0 radical (unpaired) electrons. The van der Waals surface area contributed by atoms with Gasteiger partial charge in [0.15, 0.2) is 0 Å². The van der Waals surface area contributed by atoms with E-state index >= 15 is 0 Å². The van der Waals surface area contributed by atoms with Gasteiger partial charge in [0, 0.05) is 24.6 Å². The van der Waals surface area contributed by atoms with Crippen molar-refractivity contribution in [3.63, 3.8) is 0 Å². The molecule has 2 aromatic rings. The first-order chi connectivity index (χ1) is 11.6. The number of nitrogens with zero attached hydrogens (tertiary/aromatic N) is 1. The lowest BCUT2D eigenvalue weighted by Crippen LogP contribution is -2.53. The van der Waals surface area contributed by atoms with Crippen LogP contribution in [-0.2, 0) is 17.8 Å². The summed E-state index contributed by atoms with van der Waals surface area (Å²) in [5.41, 5.74) is 2.69. The number of fused-ring (bicyclic) bond motifs is 1. The van der Waals surface area contributed by atoms with Gasteiger partial charge in [0.25, 0.3) is 5.91 Å². The Bertz CT molecular complexity index is 740. The highest BCUT2D eigenvalue weighted by Crippen LogP contribution is 2.19. The van der Waals surface area contributed by atoms with Crippen molar-refractivity contribution in [3.8, 4) is 0 Å². The zero-order valence-electron chi connectivity index (χ0n) is 14.0. The van der Waals surface area contributed by atoms with Gasteiger partial charge in [0.2, 0.25) is 5.91 Å². The summed E-state index contributed by atoms with van der Waals surface area (Å²) in [6.07, 6.45) is 0.540. The lowest BCUT2D eigenvalue weighted by molar-refractivity contribution is -0.135. The lowest BCUT2D eigenvalue weighted by atomic mass is 9.94. The van der Waals surface area contributed by atoms with Crippen LogP contribution in [0.25, 0.3) is 0 Å². The summed E-state index contributed by atoms with van der Waals surface area (Å²) in [4.78, 5) is 27.1. The van der Waals surface area contributed by atoms with Crippen molar-refractivity contribution in [1.29, 1.82) is 0 Å². The molecular formula is C20H22N2O2. The van der Waals surface area contributed by atoms with Gasteiger partial charge in [-0.2, -0.15) is 0 Å². The minimum atomic E-state index is -0.501. The van der Waals surface area contributed by atoms with Crippen LogP contribution in [0.3, 0.4) is 0 Å². The average molecular weight is 322 g/mol. The second-order valence-electron chi connectivity index (χ2n) is 6.43. The molecule has 1 unspecified atom stereocenters. The number of nitrogens with one attached hydrogen (secondary N) is 1. The van der Waals surface area contributed by atoms with Crippen molar-refractivity contribution in [2.24, 2.45) is 0 Å². The summed E-state index contributed by atoms with van der Waals surface area (Å²) < 4.78 is 0. The van der Waals surface area contributed by atoms with Crippen molar-refractivity contribution in [3.05, 3.63) is 71.3 Å². The van der Waals surface area contributed by atoms with E-state index in [1.165, 1.54) is 0 Å². The van der Waals surface area contributed by atoms with E-state index in [9.17, 15) is 9.59 Å². The minimum Gasteiger partial charge on any atom is -0.340 e. The summed E-state index contributed by atoms with van der Waals surface area (Å²) in [5, 5.41) is 2.86. The SMILES string of the molecule is CC(C)N(Cc1ccccc1)C(=O)C1Cc2ccccc2C(=O)N1. The topological polar surface area (TPSA) is 49.4 Å². The molecule has 3 rings (SSSR count). The summed E-state index contributed by atoms with van der Waals surface area (Å²) in [5.74, 6) is -0.199. The Hall–Kier alpha value is -2.62. The standard InChI is InChI=1S/C20H22N2O2/c1-14(2)22(13-15-8-4-3-5-9-15)20(24)18-12-16-10-6-7-11-17(16)19(23)21-18/h3-11,14,18H,12-13H2,1-2H3,(H,21,23). The fourth-order valence-corrected chi connectivity index (χ4v) is 3.07. The third kappa shape index (κ3) is 3.32.